The zero-order valence-electron chi connectivity index (χ0n) is 7.62. The predicted molar refractivity (Wildman–Crippen MR) is 50.9 cm³/mol. The normalized spacial score (nSPS) is 16.2. The van der Waals surface area contributed by atoms with Gasteiger partial charge in [0.15, 0.2) is 10.1 Å². The minimum atomic E-state index is -6.09. The zero-order valence-corrected chi connectivity index (χ0v) is 12.1. The van der Waals surface area contributed by atoms with Crippen molar-refractivity contribution in [3.8, 4) is 0 Å². The van der Waals surface area contributed by atoms with Crippen molar-refractivity contribution in [3.63, 3.8) is 0 Å². The Labute approximate surface area is 124 Å². The fourth-order valence-electron chi connectivity index (χ4n) is 0.549. The maximum absolute atomic E-state index is 10.7. The molecule has 12 heteroatoms. The van der Waals surface area contributed by atoms with Gasteiger partial charge in [0.1, 0.15) is 0 Å². The molecule has 0 radical (unpaired) electrons. The summed E-state index contributed by atoms with van der Waals surface area (Å²) >= 11 is 1.72. The summed E-state index contributed by atoms with van der Waals surface area (Å²) in [7, 11) is -6.09. The molecule has 1 heterocycles. The van der Waals surface area contributed by atoms with Crippen LogP contribution in [0.1, 0.15) is 12.8 Å². The van der Waals surface area contributed by atoms with Gasteiger partial charge in [0.2, 0.25) is 11.8 Å². The molecule has 0 N–H and O–H groups in total. The van der Waals surface area contributed by atoms with Gasteiger partial charge in [0, 0.05) is 12.8 Å². The first-order valence-corrected chi connectivity index (χ1v) is 5.88. The van der Waals surface area contributed by atoms with Crippen molar-refractivity contribution in [1.82, 2.24) is 3.11 Å². The number of carbonyl (C=O) groups excluding carboxylic acids is 2. The van der Waals surface area contributed by atoms with Crippen LogP contribution in [-0.4, -0.2) is 33.4 Å². The molecule has 0 unspecified atom stereocenters. The molecule has 0 bridgehead atoms. The van der Waals surface area contributed by atoms with Gasteiger partial charge in [-0.05, 0) is 0 Å². The van der Waals surface area contributed by atoms with Crippen LogP contribution in [0.3, 0.4) is 0 Å². The number of hydrogen-bond acceptors (Lipinski definition) is 5. The molecule has 2 amide bonds. The third kappa shape index (κ3) is 6.71. The summed E-state index contributed by atoms with van der Waals surface area (Å²) in [6.45, 7) is 0. The van der Waals surface area contributed by atoms with Gasteiger partial charge < -0.3 is 4.55 Å². The Bertz CT molecular complexity index is 381. The number of hydrogen-bond donors (Lipinski definition) is 0. The van der Waals surface area contributed by atoms with E-state index in [1.54, 1.807) is 22.9 Å². The summed E-state index contributed by atoms with van der Waals surface area (Å²) in [5.41, 5.74) is -5.65. The Morgan fingerprint density at radius 1 is 1.18 bits per heavy atom. The van der Waals surface area contributed by atoms with Crippen molar-refractivity contribution < 1.29 is 58.1 Å². The fraction of sp³-hybridized carbons (Fsp3) is 0.600. The number of imide groups is 1. The van der Waals surface area contributed by atoms with Crippen LogP contribution in [0.4, 0.5) is 13.2 Å². The Balaban J connectivity index is 0. The Kier molecular flexibility index (Phi) is 8.13. The second kappa shape index (κ2) is 7.04. The van der Waals surface area contributed by atoms with Crippen LogP contribution < -0.4 is 0 Å². The molecule has 104 valence electrons. The van der Waals surface area contributed by atoms with E-state index in [9.17, 15) is 22.8 Å². The summed E-state index contributed by atoms with van der Waals surface area (Å²) in [6, 6.07) is 0. The second-order valence-corrected chi connectivity index (χ2v) is 4.80. The van der Waals surface area contributed by atoms with E-state index in [1.807, 2.05) is 0 Å². The van der Waals surface area contributed by atoms with E-state index >= 15 is 0 Å². The number of nitrogens with zero attached hydrogens (tertiary/aromatic N) is 1. The van der Waals surface area contributed by atoms with Gasteiger partial charge in [-0.2, -0.15) is 13.2 Å². The molecule has 0 aliphatic carbocycles. The monoisotopic (exact) mass is 481 g/mol. The Morgan fingerprint density at radius 2 is 1.41 bits per heavy atom. The molecule has 0 aromatic heterocycles. The van der Waals surface area contributed by atoms with Crippen molar-refractivity contribution in [2.45, 2.75) is 18.3 Å². The first-order valence-electron chi connectivity index (χ1n) is 3.50. The molecule has 0 aromatic rings. The number of carbonyl (C=O) groups is 2. The second-order valence-electron chi connectivity index (χ2n) is 2.47. The maximum atomic E-state index is 10.7. The fourth-order valence-corrected chi connectivity index (χ4v) is 1.03. The molecular weight excluding hydrogens is 478 g/mol. The predicted octanol–water partition coefficient (Wildman–Crippen LogP) is 0.534. The number of halogens is 4. The topological polar surface area (TPSA) is 94.6 Å². The Morgan fingerprint density at radius 3 is 1.47 bits per heavy atom. The van der Waals surface area contributed by atoms with Crippen LogP contribution in [0.5, 0.6) is 0 Å². The molecule has 1 aliphatic rings. The summed E-state index contributed by atoms with van der Waals surface area (Å²) in [6.07, 6.45) is 0.781. The van der Waals surface area contributed by atoms with Gasteiger partial charge in [-0.15, -0.1) is 0 Å². The average Bonchev–Trinajstić information content (AvgIpc) is 2.34. The van der Waals surface area contributed by atoms with Gasteiger partial charge in [0.25, 0.3) is 0 Å². The molecule has 1 saturated heterocycles. The zero-order chi connectivity index (χ0) is 13.1. The molecule has 1 fully saturated rings. The minimum absolute atomic E-state index is 0. The number of alkyl halides is 3. The standard InChI is InChI=1S/C4H4INO2.CHF3O3S.Ag/c5-6-3(7)1-2-4(6)8;2-1(3,4)8(5,6)7;/h1-2H2;(H,5,6,7);/q;;+1/p-1. The Hall–Kier alpha value is 0.310. The first-order chi connectivity index (χ1) is 6.97. The van der Waals surface area contributed by atoms with Gasteiger partial charge in [-0.3, -0.25) is 9.59 Å². The maximum Gasteiger partial charge on any atom is 1.00 e. The van der Waals surface area contributed by atoms with E-state index in [-0.39, 0.29) is 34.2 Å². The SMILES string of the molecule is O=C1CCC(=O)N1I.O=S(=O)([O-])C(F)(F)F.[Ag+]. The third-order valence-corrected chi connectivity index (χ3v) is 2.92. The van der Waals surface area contributed by atoms with Crippen LogP contribution in [0, 0.1) is 0 Å². The van der Waals surface area contributed by atoms with Crippen LogP contribution in [0.25, 0.3) is 0 Å². The van der Waals surface area contributed by atoms with Crippen molar-refractivity contribution >= 4 is 44.8 Å². The molecule has 1 aliphatic heterocycles. The van der Waals surface area contributed by atoms with Crippen molar-refractivity contribution in [2.75, 3.05) is 0 Å². The summed E-state index contributed by atoms with van der Waals surface area (Å²) in [5, 5.41) is 0. The number of amides is 2. The first kappa shape index (κ1) is 19.6. The van der Waals surface area contributed by atoms with E-state index in [0.717, 1.165) is 3.11 Å². The van der Waals surface area contributed by atoms with Crippen LogP contribution in [0.15, 0.2) is 0 Å². The summed E-state index contributed by atoms with van der Waals surface area (Å²) in [5.74, 6) is -0.147. The molecule has 1 rings (SSSR count). The van der Waals surface area contributed by atoms with E-state index in [0.29, 0.717) is 12.8 Å². The third-order valence-electron chi connectivity index (χ3n) is 1.27. The van der Waals surface area contributed by atoms with Gasteiger partial charge in [-0.25, -0.2) is 11.5 Å². The summed E-state index contributed by atoms with van der Waals surface area (Å²) < 4.78 is 60.0. The molecule has 17 heavy (non-hydrogen) atoms. The molecule has 0 atom stereocenters. The molecule has 0 saturated carbocycles. The summed E-state index contributed by atoms with van der Waals surface area (Å²) in [4.78, 5) is 21.0. The van der Waals surface area contributed by atoms with Crippen LogP contribution in [0.2, 0.25) is 0 Å². The van der Waals surface area contributed by atoms with E-state index in [2.05, 4.69) is 0 Å². The van der Waals surface area contributed by atoms with Gasteiger partial charge >= 0.3 is 27.9 Å². The minimum Gasteiger partial charge on any atom is -0.741 e. The number of rotatable bonds is 0. The van der Waals surface area contributed by atoms with Gasteiger partial charge in [-0.1, -0.05) is 0 Å². The molecular formula is C5H4AgF3INO5S. The largest absolute Gasteiger partial charge is 1.00 e. The molecule has 6 nitrogen and oxygen atoms in total. The molecule has 0 spiro atoms. The molecule has 0 aromatic carbocycles. The van der Waals surface area contributed by atoms with Gasteiger partial charge in [0.05, 0.1) is 22.9 Å². The van der Waals surface area contributed by atoms with Crippen LogP contribution in [-0.2, 0) is 42.1 Å². The van der Waals surface area contributed by atoms with Crippen molar-refractivity contribution in [2.24, 2.45) is 0 Å². The van der Waals surface area contributed by atoms with E-state index < -0.39 is 15.6 Å². The van der Waals surface area contributed by atoms with Crippen molar-refractivity contribution in [1.29, 1.82) is 0 Å². The average molecular weight is 482 g/mol. The quantitative estimate of drug-likeness (QED) is 0.126. The smallest absolute Gasteiger partial charge is 0.741 e. The van der Waals surface area contributed by atoms with E-state index in [1.165, 1.54) is 0 Å². The van der Waals surface area contributed by atoms with Crippen LogP contribution >= 0.6 is 22.9 Å². The van der Waals surface area contributed by atoms with Crippen molar-refractivity contribution in [3.05, 3.63) is 0 Å². The van der Waals surface area contributed by atoms with E-state index in [4.69, 9.17) is 13.0 Å².